The van der Waals surface area contributed by atoms with E-state index in [2.05, 4.69) is 10.3 Å². The molecule has 3 heterocycles. The Hall–Kier alpha value is -3.05. The number of benzene rings is 1. The number of para-hydroxylation sites is 1. The summed E-state index contributed by atoms with van der Waals surface area (Å²) in [6, 6.07) is 14.5. The molecule has 0 atom stereocenters. The molecule has 0 aliphatic rings. The lowest BCUT2D eigenvalue weighted by molar-refractivity contribution is 0.102. The zero-order valence-corrected chi connectivity index (χ0v) is 13.2. The number of carbonyl (C=O) groups is 1. The van der Waals surface area contributed by atoms with Gasteiger partial charge in [-0.05, 0) is 36.4 Å². The number of aromatic nitrogens is 2. The number of carbonyl (C=O) groups excluding carboxylic acids is 1. The number of nitrogens with zero attached hydrogens (tertiary/aromatic N) is 2. The van der Waals surface area contributed by atoms with Crippen molar-refractivity contribution in [2.24, 2.45) is 0 Å². The number of nitrogens with one attached hydrogen (secondary N) is 1. The van der Waals surface area contributed by atoms with Crippen LogP contribution in [0.15, 0.2) is 71.6 Å². The van der Waals surface area contributed by atoms with Crippen LogP contribution in [0.1, 0.15) is 10.5 Å². The summed E-state index contributed by atoms with van der Waals surface area (Å²) in [5.41, 5.74) is 2.45. The molecule has 0 saturated heterocycles. The summed E-state index contributed by atoms with van der Waals surface area (Å²) in [5.74, 6) is 0.444. The van der Waals surface area contributed by atoms with Crippen molar-refractivity contribution in [3.63, 3.8) is 0 Å². The van der Waals surface area contributed by atoms with Crippen LogP contribution < -0.4 is 5.32 Å². The molecule has 0 spiro atoms. The van der Waals surface area contributed by atoms with Crippen molar-refractivity contribution < 1.29 is 9.21 Å². The third-order valence-electron chi connectivity index (χ3n) is 3.61. The first kappa shape index (κ1) is 14.5. The van der Waals surface area contributed by atoms with Crippen LogP contribution in [0.3, 0.4) is 0 Å². The largest absolute Gasteiger partial charge is 0.464 e. The molecule has 3 aromatic heterocycles. The van der Waals surface area contributed by atoms with Gasteiger partial charge in [0.05, 0.1) is 17.0 Å². The number of hydrogen-bond acceptors (Lipinski definition) is 3. The molecule has 0 aliphatic carbocycles. The summed E-state index contributed by atoms with van der Waals surface area (Å²) >= 11 is 6.06. The molecular weight excluding hydrogens is 326 g/mol. The summed E-state index contributed by atoms with van der Waals surface area (Å²) in [6.45, 7) is 0. The third-order valence-corrected chi connectivity index (χ3v) is 3.94. The van der Waals surface area contributed by atoms with Gasteiger partial charge < -0.3 is 14.1 Å². The number of pyridine rings is 1. The molecule has 0 aliphatic heterocycles. The van der Waals surface area contributed by atoms with E-state index in [0.717, 1.165) is 11.3 Å². The van der Waals surface area contributed by atoms with E-state index in [1.807, 2.05) is 30.5 Å². The van der Waals surface area contributed by atoms with Crippen LogP contribution in [-0.4, -0.2) is 15.3 Å². The van der Waals surface area contributed by atoms with E-state index < -0.39 is 0 Å². The lowest BCUT2D eigenvalue weighted by atomic mass is 10.2. The second-order valence-corrected chi connectivity index (χ2v) is 5.63. The Balaban J connectivity index is 1.65. The number of amides is 1. The molecular formula is C18H12ClN3O2. The Kier molecular flexibility index (Phi) is 3.55. The number of halogens is 1. The first-order valence-electron chi connectivity index (χ1n) is 7.29. The summed E-state index contributed by atoms with van der Waals surface area (Å²) in [7, 11) is 0. The van der Waals surface area contributed by atoms with Crippen LogP contribution in [0, 0.1) is 0 Å². The van der Waals surface area contributed by atoms with Crippen molar-refractivity contribution >= 4 is 28.8 Å². The van der Waals surface area contributed by atoms with Gasteiger partial charge in [0.25, 0.3) is 5.91 Å². The molecule has 5 nitrogen and oxygen atoms in total. The molecule has 0 saturated carbocycles. The molecule has 118 valence electrons. The van der Waals surface area contributed by atoms with E-state index in [-0.39, 0.29) is 5.91 Å². The quantitative estimate of drug-likeness (QED) is 0.598. The van der Waals surface area contributed by atoms with Gasteiger partial charge in [0, 0.05) is 18.0 Å². The molecule has 0 unspecified atom stereocenters. The predicted octanol–water partition coefficient (Wildman–Crippen LogP) is 4.50. The maximum atomic E-state index is 12.4. The molecule has 6 heteroatoms. The summed E-state index contributed by atoms with van der Waals surface area (Å²) in [6.07, 6.45) is 5.16. The van der Waals surface area contributed by atoms with Gasteiger partial charge >= 0.3 is 0 Å². The molecule has 24 heavy (non-hydrogen) atoms. The molecule has 1 amide bonds. The summed E-state index contributed by atoms with van der Waals surface area (Å²) in [5, 5.41) is 3.25. The van der Waals surface area contributed by atoms with Gasteiger partial charge in [-0.2, -0.15) is 0 Å². The van der Waals surface area contributed by atoms with Gasteiger partial charge in [0.1, 0.15) is 17.1 Å². The van der Waals surface area contributed by atoms with Gasteiger partial charge in [0.15, 0.2) is 0 Å². The highest BCUT2D eigenvalue weighted by atomic mass is 35.5. The lowest BCUT2D eigenvalue weighted by Gasteiger charge is -2.04. The van der Waals surface area contributed by atoms with E-state index in [4.69, 9.17) is 16.0 Å². The highest BCUT2D eigenvalue weighted by molar-refractivity contribution is 6.33. The van der Waals surface area contributed by atoms with Crippen LogP contribution in [-0.2, 0) is 0 Å². The predicted molar refractivity (Wildman–Crippen MR) is 92.3 cm³/mol. The minimum Gasteiger partial charge on any atom is -0.464 e. The summed E-state index contributed by atoms with van der Waals surface area (Å²) < 4.78 is 7.18. The average Bonchev–Trinajstić information content (AvgIpc) is 3.25. The van der Waals surface area contributed by atoms with Gasteiger partial charge in [-0.15, -0.1) is 0 Å². The topological polar surface area (TPSA) is 59.5 Å². The standard InChI is InChI=1S/C18H12ClN3O2/c19-13-4-1-2-5-14(13)21-18(23)15-11-22-10-12(7-8-17(22)20-15)16-6-3-9-24-16/h1-11H,(H,21,23). The Labute approximate surface area is 142 Å². The van der Waals surface area contributed by atoms with Crippen molar-refractivity contribution in [2.45, 2.75) is 0 Å². The Morgan fingerprint density at radius 2 is 1.96 bits per heavy atom. The van der Waals surface area contributed by atoms with Crippen molar-refractivity contribution in [1.82, 2.24) is 9.38 Å². The summed E-state index contributed by atoms with van der Waals surface area (Å²) in [4.78, 5) is 16.7. The van der Waals surface area contributed by atoms with E-state index in [0.29, 0.717) is 22.1 Å². The number of anilines is 1. The second kappa shape index (κ2) is 5.86. The zero-order chi connectivity index (χ0) is 16.5. The number of rotatable bonds is 3. The normalized spacial score (nSPS) is 10.9. The van der Waals surface area contributed by atoms with E-state index >= 15 is 0 Å². The zero-order valence-electron chi connectivity index (χ0n) is 12.4. The maximum absolute atomic E-state index is 12.4. The van der Waals surface area contributed by atoms with E-state index in [1.54, 1.807) is 41.1 Å². The Morgan fingerprint density at radius 3 is 2.75 bits per heavy atom. The van der Waals surface area contributed by atoms with E-state index in [1.165, 1.54) is 0 Å². The van der Waals surface area contributed by atoms with Crippen LogP contribution in [0.2, 0.25) is 5.02 Å². The monoisotopic (exact) mass is 337 g/mol. The highest BCUT2D eigenvalue weighted by Crippen LogP contribution is 2.22. The van der Waals surface area contributed by atoms with Crippen molar-refractivity contribution in [3.05, 3.63) is 77.9 Å². The highest BCUT2D eigenvalue weighted by Gasteiger charge is 2.13. The average molecular weight is 338 g/mol. The van der Waals surface area contributed by atoms with E-state index in [9.17, 15) is 4.79 Å². The third kappa shape index (κ3) is 2.66. The van der Waals surface area contributed by atoms with Gasteiger partial charge in [-0.25, -0.2) is 4.98 Å². The van der Waals surface area contributed by atoms with Crippen LogP contribution in [0.25, 0.3) is 17.0 Å². The van der Waals surface area contributed by atoms with Crippen LogP contribution >= 0.6 is 11.6 Å². The molecule has 4 aromatic rings. The minimum absolute atomic E-state index is 0.312. The number of imidazole rings is 1. The number of fused-ring (bicyclic) bond motifs is 1. The molecule has 0 fully saturated rings. The minimum atomic E-state index is -0.314. The number of furan rings is 1. The fourth-order valence-electron chi connectivity index (χ4n) is 2.44. The molecule has 4 rings (SSSR count). The van der Waals surface area contributed by atoms with Crippen molar-refractivity contribution in [1.29, 1.82) is 0 Å². The van der Waals surface area contributed by atoms with Crippen molar-refractivity contribution in [2.75, 3.05) is 5.32 Å². The lowest BCUT2D eigenvalue weighted by Crippen LogP contribution is -2.12. The first-order valence-corrected chi connectivity index (χ1v) is 7.67. The molecule has 0 radical (unpaired) electrons. The van der Waals surface area contributed by atoms with Crippen LogP contribution in [0.4, 0.5) is 5.69 Å². The number of hydrogen-bond donors (Lipinski definition) is 1. The van der Waals surface area contributed by atoms with Gasteiger partial charge in [-0.1, -0.05) is 23.7 Å². The molecule has 1 N–H and O–H groups in total. The maximum Gasteiger partial charge on any atom is 0.275 e. The van der Waals surface area contributed by atoms with Gasteiger partial charge in [0.2, 0.25) is 0 Å². The van der Waals surface area contributed by atoms with Crippen LogP contribution in [0.5, 0.6) is 0 Å². The smallest absolute Gasteiger partial charge is 0.275 e. The molecule has 1 aromatic carbocycles. The first-order chi connectivity index (χ1) is 11.7. The Bertz CT molecular complexity index is 1020. The fourth-order valence-corrected chi connectivity index (χ4v) is 2.62. The Morgan fingerprint density at radius 1 is 1.08 bits per heavy atom. The van der Waals surface area contributed by atoms with Gasteiger partial charge in [-0.3, -0.25) is 4.79 Å². The fraction of sp³-hybridized carbons (Fsp3) is 0. The molecule has 0 bridgehead atoms. The SMILES string of the molecule is O=C(Nc1ccccc1Cl)c1cn2cc(-c3ccco3)ccc2n1. The second-order valence-electron chi connectivity index (χ2n) is 5.22. The van der Waals surface area contributed by atoms with Crippen molar-refractivity contribution in [3.8, 4) is 11.3 Å².